The predicted octanol–water partition coefficient (Wildman–Crippen LogP) is 2.51. The number of aromatic nitrogens is 1. The Hall–Kier alpha value is -2.63. The van der Waals surface area contributed by atoms with Crippen LogP contribution in [0.3, 0.4) is 0 Å². The first-order valence-electron chi connectivity index (χ1n) is 8.68. The number of amides is 3. The maximum absolute atomic E-state index is 13.1. The number of pyridine rings is 1. The van der Waals surface area contributed by atoms with Crippen LogP contribution in [-0.4, -0.2) is 41.0 Å². The van der Waals surface area contributed by atoms with Crippen molar-refractivity contribution in [1.82, 2.24) is 15.2 Å². The lowest BCUT2D eigenvalue weighted by Gasteiger charge is -2.36. The monoisotopic (exact) mass is 340 g/mol. The van der Waals surface area contributed by atoms with E-state index in [9.17, 15) is 9.59 Å². The second-order valence-electron chi connectivity index (χ2n) is 6.71. The summed E-state index contributed by atoms with van der Waals surface area (Å²) >= 11 is 0. The zero-order valence-electron chi connectivity index (χ0n) is 14.7. The summed E-state index contributed by atoms with van der Waals surface area (Å²) in [7, 11) is 0. The molecule has 1 aromatic carbocycles. The highest BCUT2D eigenvalue weighted by atomic mass is 16.2. The van der Waals surface area contributed by atoms with E-state index in [1.807, 2.05) is 43.0 Å². The van der Waals surface area contributed by atoms with Gasteiger partial charge in [-0.15, -0.1) is 0 Å². The number of primary amides is 1. The van der Waals surface area contributed by atoms with Crippen molar-refractivity contribution < 1.29 is 9.59 Å². The van der Waals surface area contributed by atoms with Gasteiger partial charge in [-0.3, -0.25) is 9.78 Å². The Balaban J connectivity index is 1.91. The number of hydrogen-bond acceptors (Lipinski definition) is 3. The van der Waals surface area contributed by atoms with Crippen LogP contribution in [0.15, 0.2) is 24.3 Å². The van der Waals surface area contributed by atoms with Crippen LogP contribution in [0.2, 0.25) is 0 Å². The van der Waals surface area contributed by atoms with Crippen molar-refractivity contribution in [3.63, 3.8) is 0 Å². The van der Waals surface area contributed by atoms with Gasteiger partial charge in [0.15, 0.2) is 0 Å². The van der Waals surface area contributed by atoms with Gasteiger partial charge < -0.3 is 16.0 Å². The number of nitrogens with one attached hydrogen (secondary N) is 1. The highest BCUT2D eigenvalue weighted by molar-refractivity contribution is 5.99. The average molecular weight is 340 g/mol. The summed E-state index contributed by atoms with van der Waals surface area (Å²) in [6.45, 7) is 4.97. The molecule has 3 rings (SSSR count). The van der Waals surface area contributed by atoms with Crippen molar-refractivity contribution in [2.75, 3.05) is 13.1 Å². The van der Waals surface area contributed by atoms with Crippen LogP contribution in [-0.2, 0) is 0 Å². The third kappa shape index (κ3) is 3.73. The van der Waals surface area contributed by atoms with Crippen molar-refractivity contribution >= 4 is 22.8 Å². The molecule has 132 valence electrons. The van der Waals surface area contributed by atoms with Gasteiger partial charge in [-0.25, -0.2) is 4.79 Å². The lowest BCUT2D eigenvalue weighted by atomic mass is 9.99. The summed E-state index contributed by atoms with van der Waals surface area (Å²) in [6, 6.07) is 7.39. The van der Waals surface area contributed by atoms with E-state index >= 15 is 0 Å². The Labute approximate surface area is 147 Å². The summed E-state index contributed by atoms with van der Waals surface area (Å²) in [5.74, 6) is -0.0237. The number of nitrogens with zero attached hydrogens (tertiary/aromatic N) is 2. The Morgan fingerprint density at radius 3 is 2.84 bits per heavy atom. The standard InChI is InChI=1S/C19H24N4O2/c1-12-6-7-17-14(9-12)10-16(13(2)22-17)18(24)23-8-4-3-5-15(23)11-21-19(20)25/h6-7,9-10,15H,3-5,8,11H2,1-2H3,(H3,20,21,25). The molecule has 1 aromatic heterocycles. The molecular formula is C19H24N4O2. The minimum atomic E-state index is -0.558. The fourth-order valence-corrected chi connectivity index (χ4v) is 3.46. The largest absolute Gasteiger partial charge is 0.352 e. The van der Waals surface area contributed by atoms with Gasteiger partial charge in [-0.2, -0.15) is 0 Å². The highest BCUT2D eigenvalue weighted by Crippen LogP contribution is 2.23. The van der Waals surface area contributed by atoms with E-state index in [4.69, 9.17) is 5.73 Å². The van der Waals surface area contributed by atoms with Gasteiger partial charge in [0, 0.05) is 24.5 Å². The first kappa shape index (κ1) is 17.2. The average Bonchev–Trinajstić information content (AvgIpc) is 2.59. The number of benzene rings is 1. The number of carbonyl (C=O) groups excluding carboxylic acids is 2. The van der Waals surface area contributed by atoms with E-state index < -0.39 is 6.03 Å². The topological polar surface area (TPSA) is 88.3 Å². The van der Waals surface area contributed by atoms with Crippen LogP contribution in [0.4, 0.5) is 4.79 Å². The molecule has 1 unspecified atom stereocenters. The molecule has 1 saturated heterocycles. The third-order valence-electron chi connectivity index (χ3n) is 4.79. The van der Waals surface area contributed by atoms with E-state index in [0.29, 0.717) is 18.7 Å². The molecule has 0 bridgehead atoms. The minimum absolute atomic E-state index is 0.0237. The molecule has 2 heterocycles. The van der Waals surface area contributed by atoms with Crippen molar-refractivity contribution in [1.29, 1.82) is 0 Å². The lowest BCUT2D eigenvalue weighted by Crippen LogP contribution is -2.50. The molecule has 0 spiro atoms. The van der Waals surface area contributed by atoms with E-state index in [2.05, 4.69) is 10.3 Å². The predicted molar refractivity (Wildman–Crippen MR) is 97.5 cm³/mol. The molecule has 0 radical (unpaired) electrons. The van der Waals surface area contributed by atoms with Gasteiger partial charge in [-0.05, 0) is 51.3 Å². The molecule has 0 saturated carbocycles. The number of piperidine rings is 1. The summed E-state index contributed by atoms with van der Waals surface area (Å²) in [4.78, 5) is 30.6. The zero-order chi connectivity index (χ0) is 18.0. The molecule has 1 fully saturated rings. The number of likely N-dealkylation sites (tertiary alicyclic amines) is 1. The van der Waals surface area contributed by atoms with Crippen LogP contribution >= 0.6 is 0 Å². The van der Waals surface area contributed by atoms with Gasteiger partial charge in [0.2, 0.25) is 0 Å². The number of fused-ring (bicyclic) bond motifs is 1. The zero-order valence-corrected chi connectivity index (χ0v) is 14.7. The summed E-state index contributed by atoms with van der Waals surface area (Å²) in [6.07, 6.45) is 2.88. The first-order chi connectivity index (χ1) is 12.0. The van der Waals surface area contributed by atoms with E-state index in [1.54, 1.807) is 0 Å². The number of urea groups is 1. The van der Waals surface area contributed by atoms with Crippen LogP contribution in [0.5, 0.6) is 0 Å². The lowest BCUT2D eigenvalue weighted by molar-refractivity contribution is 0.0614. The van der Waals surface area contributed by atoms with Crippen molar-refractivity contribution in [2.45, 2.75) is 39.2 Å². The maximum Gasteiger partial charge on any atom is 0.312 e. The Kier molecular flexibility index (Phi) is 4.88. The molecule has 1 aliphatic heterocycles. The number of nitrogens with two attached hydrogens (primary N) is 1. The molecular weight excluding hydrogens is 316 g/mol. The van der Waals surface area contributed by atoms with Crippen LogP contribution in [0.25, 0.3) is 10.9 Å². The van der Waals surface area contributed by atoms with Gasteiger partial charge in [0.1, 0.15) is 0 Å². The molecule has 1 atom stereocenters. The normalized spacial score (nSPS) is 17.5. The molecule has 3 amide bonds. The second-order valence-corrected chi connectivity index (χ2v) is 6.71. The molecule has 3 N–H and O–H groups in total. The van der Waals surface area contributed by atoms with E-state index in [-0.39, 0.29) is 11.9 Å². The summed E-state index contributed by atoms with van der Waals surface area (Å²) in [5, 5.41) is 3.60. The summed E-state index contributed by atoms with van der Waals surface area (Å²) < 4.78 is 0. The Morgan fingerprint density at radius 2 is 2.08 bits per heavy atom. The second kappa shape index (κ2) is 7.09. The van der Waals surface area contributed by atoms with E-state index in [1.165, 1.54) is 0 Å². The molecule has 25 heavy (non-hydrogen) atoms. The van der Waals surface area contributed by atoms with Crippen molar-refractivity contribution in [3.05, 3.63) is 41.1 Å². The fourth-order valence-electron chi connectivity index (χ4n) is 3.46. The minimum Gasteiger partial charge on any atom is -0.352 e. The van der Waals surface area contributed by atoms with E-state index in [0.717, 1.165) is 41.4 Å². The SMILES string of the molecule is Cc1ccc2nc(C)c(C(=O)N3CCCCC3CNC(N)=O)cc2c1. The highest BCUT2D eigenvalue weighted by Gasteiger charge is 2.28. The van der Waals surface area contributed by atoms with Crippen LogP contribution < -0.4 is 11.1 Å². The molecule has 6 heteroatoms. The maximum atomic E-state index is 13.1. The van der Waals surface area contributed by atoms with Gasteiger partial charge >= 0.3 is 6.03 Å². The molecule has 1 aliphatic rings. The van der Waals surface area contributed by atoms with Crippen molar-refractivity contribution in [3.8, 4) is 0 Å². The molecule has 0 aliphatic carbocycles. The fraction of sp³-hybridized carbons (Fsp3) is 0.421. The molecule has 6 nitrogen and oxygen atoms in total. The van der Waals surface area contributed by atoms with Gasteiger partial charge in [0.25, 0.3) is 5.91 Å². The number of carbonyl (C=O) groups is 2. The van der Waals surface area contributed by atoms with Gasteiger partial charge in [-0.1, -0.05) is 11.6 Å². The Bertz CT molecular complexity index is 818. The smallest absolute Gasteiger partial charge is 0.312 e. The first-order valence-corrected chi connectivity index (χ1v) is 8.68. The molecule has 2 aromatic rings. The quantitative estimate of drug-likeness (QED) is 0.900. The Morgan fingerprint density at radius 1 is 1.28 bits per heavy atom. The summed E-state index contributed by atoms with van der Waals surface area (Å²) in [5.41, 5.74) is 8.57. The van der Waals surface area contributed by atoms with Crippen LogP contribution in [0, 0.1) is 13.8 Å². The van der Waals surface area contributed by atoms with Crippen LogP contribution in [0.1, 0.15) is 40.9 Å². The van der Waals surface area contributed by atoms with Gasteiger partial charge in [0.05, 0.1) is 16.8 Å². The van der Waals surface area contributed by atoms with Crippen molar-refractivity contribution in [2.24, 2.45) is 5.73 Å². The number of aryl methyl sites for hydroxylation is 2. The number of hydrogen-bond donors (Lipinski definition) is 2. The number of rotatable bonds is 3. The third-order valence-corrected chi connectivity index (χ3v) is 4.79.